The smallest absolute Gasteiger partial charge is 0.322 e. The number of carbonyl (C=O) groups excluding carboxylic acids is 2. The Morgan fingerprint density at radius 3 is 2.47 bits per heavy atom. The van der Waals surface area contributed by atoms with Gasteiger partial charge in [-0.2, -0.15) is 0 Å². The van der Waals surface area contributed by atoms with Gasteiger partial charge in [-0.3, -0.25) is 14.4 Å². The van der Waals surface area contributed by atoms with Gasteiger partial charge in [0.2, 0.25) is 0 Å². The van der Waals surface area contributed by atoms with Gasteiger partial charge in [-0.1, -0.05) is 48.5 Å². The minimum absolute atomic E-state index is 0.0671. The van der Waals surface area contributed by atoms with Crippen LogP contribution in [0.4, 0.5) is 0 Å². The monoisotopic (exact) mass is 466 g/mol. The molecule has 10 nitrogen and oxygen atoms in total. The quantitative estimate of drug-likeness (QED) is 0.289. The van der Waals surface area contributed by atoms with Gasteiger partial charge in [-0.15, -0.1) is 0 Å². The van der Waals surface area contributed by atoms with Gasteiger partial charge in [0, 0.05) is 17.8 Å². The van der Waals surface area contributed by atoms with Crippen LogP contribution in [0.2, 0.25) is 0 Å². The van der Waals surface area contributed by atoms with Crippen LogP contribution in [0.25, 0.3) is 10.9 Å². The van der Waals surface area contributed by atoms with E-state index in [1.54, 1.807) is 12.1 Å². The van der Waals surface area contributed by atoms with Crippen LogP contribution < -0.4 is 15.8 Å². The summed E-state index contributed by atoms with van der Waals surface area (Å²) < 4.78 is 7.81. The number of amides is 2. The van der Waals surface area contributed by atoms with Gasteiger partial charge in [0.15, 0.2) is 12.3 Å². The Balaban J connectivity index is 2.17. The summed E-state index contributed by atoms with van der Waals surface area (Å²) in [6, 6.07) is 15.1. The summed E-state index contributed by atoms with van der Waals surface area (Å²) in [5, 5.41) is 15.4. The van der Waals surface area contributed by atoms with Crippen LogP contribution in [0, 0.1) is 0 Å². The standard InChI is InChI=1S/C24H26N4O6/c1-3-16-22(23(24(25)32)27-33-2)21-17(28(16)13-15-8-5-4-6-9-15)10-7-11-18(21)34-14-19(29)26-12-20(30)31/h4-11H,3,12-14H2,1-2H3,(H2,25,32)(H,26,29)(H,30,31). The van der Waals surface area contributed by atoms with Gasteiger partial charge in [0.05, 0.1) is 10.9 Å². The van der Waals surface area contributed by atoms with E-state index in [2.05, 4.69) is 10.5 Å². The van der Waals surface area contributed by atoms with Crippen molar-refractivity contribution in [3.05, 3.63) is 65.4 Å². The largest absolute Gasteiger partial charge is 0.483 e. The van der Waals surface area contributed by atoms with E-state index in [0.29, 0.717) is 29.7 Å². The maximum absolute atomic E-state index is 12.3. The molecule has 34 heavy (non-hydrogen) atoms. The Morgan fingerprint density at radius 1 is 1.12 bits per heavy atom. The van der Waals surface area contributed by atoms with E-state index >= 15 is 0 Å². The lowest BCUT2D eigenvalue weighted by atomic mass is 10.0. The summed E-state index contributed by atoms with van der Waals surface area (Å²) in [6.07, 6.45) is 0.547. The number of hydrogen-bond donors (Lipinski definition) is 3. The first-order chi connectivity index (χ1) is 16.4. The number of nitrogens with two attached hydrogens (primary N) is 1. The lowest BCUT2D eigenvalue weighted by molar-refractivity contribution is -0.138. The summed E-state index contributed by atoms with van der Waals surface area (Å²) in [5.41, 5.74) is 8.64. The first kappa shape index (κ1) is 24.3. The van der Waals surface area contributed by atoms with Gasteiger partial charge in [-0.05, 0) is 24.1 Å². The summed E-state index contributed by atoms with van der Waals surface area (Å²) in [5.74, 6) is -2.21. The zero-order valence-corrected chi connectivity index (χ0v) is 18.9. The van der Waals surface area contributed by atoms with Crippen LogP contribution >= 0.6 is 0 Å². The predicted octanol–water partition coefficient (Wildman–Crippen LogP) is 1.67. The number of nitrogens with zero attached hydrogens (tertiary/aromatic N) is 2. The maximum Gasteiger partial charge on any atom is 0.322 e. The minimum Gasteiger partial charge on any atom is -0.483 e. The van der Waals surface area contributed by atoms with Crippen LogP contribution in [-0.4, -0.2) is 53.4 Å². The Kier molecular flexibility index (Phi) is 7.86. The number of aliphatic carboxylic acids is 1. The number of benzene rings is 2. The van der Waals surface area contributed by atoms with E-state index in [4.69, 9.17) is 20.4 Å². The van der Waals surface area contributed by atoms with Crippen molar-refractivity contribution in [1.29, 1.82) is 0 Å². The molecule has 2 aromatic carbocycles. The molecule has 3 aromatic rings. The number of fused-ring (bicyclic) bond motifs is 1. The van der Waals surface area contributed by atoms with E-state index in [9.17, 15) is 14.4 Å². The molecule has 0 spiro atoms. The van der Waals surface area contributed by atoms with Crippen molar-refractivity contribution in [3.63, 3.8) is 0 Å². The number of nitrogens with one attached hydrogen (secondary N) is 1. The first-order valence-corrected chi connectivity index (χ1v) is 10.6. The second-order valence-corrected chi connectivity index (χ2v) is 7.34. The Bertz CT molecular complexity index is 1230. The molecule has 10 heteroatoms. The molecule has 1 heterocycles. The van der Waals surface area contributed by atoms with Gasteiger partial charge >= 0.3 is 5.97 Å². The van der Waals surface area contributed by atoms with Gasteiger partial charge in [-0.25, -0.2) is 0 Å². The highest BCUT2D eigenvalue weighted by molar-refractivity contribution is 6.47. The van der Waals surface area contributed by atoms with Gasteiger partial charge in [0.1, 0.15) is 19.4 Å². The molecular weight excluding hydrogens is 440 g/mol. The van der Waals surface area contributed by atoms with Crippen molar-refractivity contribution < 1.29 is 29.1 Å². The van der Waals surface area contributed by atoms with Crippen LogP contribution in [0.15, 0.2) is 53.7 Å². The average Bonchev–Trinajstić information content (AvgIpc) is 3.13. The molecule has 0 radical (unpaired) electrons. The third-order valence-electron chi connectivity index (χ3n) is 5.13. The minimum atomic E-state index is -1.16. The van der Waals surface area contributed by atoms with Crippen LogP contribution in [0.1, 0.15) is 23.7 Å². The highest BCUT2D eigenvalue weighted by atomic mass is 16.6. The molecule has 0 saturated heterocycles. The molecule has 0 fully saturated rings. The number of aromatic nitrogens is 1. The van der Waals surface area contributed by atoms with E-state index < -0.39 is 30.9 Å². The number of hydrogen-bond acceptors (Lipinski definition) is 6. The lowest BCUT2D eigenvalue weighted by Gasteiger charge is -2.11. The molecule has 3 rings (SSSR count). The van der Waals surface area contributed by atoms with Crippen molar-refractivity contribution in [2.45, 2.75) is 19.9 Å². The van der Waals surface area contributed by atoms with Crippen LogP contribution in [0.3, 0.4) is 0 Å². The number of ether oxygens (including phenoxy) is 1. The summed E-state index contributed by atoms with van der Waals surface area (Å²) >= 11 is 0. The molecule has 0 aliphatic heterocycles. The highest BCUT2D eigenvalue weighted by Crippen LogP contribution is 2.35. The number of primary amides is 1. The molecule has 4 N–H and O–H groups in total. The van der Waals surface area contributed by atoms with Gasteiger partial charge < -0.3 is 30.3 Å². The number of oxime groups is 1. The molecular formula is C24H26N4O6. The number of rotatable bonds is 11. The summed E-state index contributed by atoms with van der Waals surface area (Å²) in [7, 11) is 1.32. The molecule has 0 atom stereocenters. The van der Waals surface area contributed by atoms with E-state index in [1.807, 2.05) is 47.9 Å². The molecule has 0 unspecified atom stereocenters. The number of carbonyl (C=O) groups is 3. The van der Waals surface area contributed by atoms with Crippen LogP contribution in [-0.2, 0) is 32.2 Å². The third-order valence-corrected chi connectivity index (χ3v) is 5.13. The summed E-state index contributed by atoms with van der Waals surface area (Å²) in [6.45, 7) is 1.54. The topological polar surface area (TPSA) is 145 Å². The average molecular weight is 466 g/mol. The fourth-order valence-electron chi connectivity index (χ4n) is 3.78. The molecule has 0 aliphatic carbocycles. The van der Waals surface area contributed by atoms with Crippen molar-refractivity contribution >= 4 is 34.4 Å². The second kappa shape index (κ2) is 11.0. The zero-order valence-electron chi connectivity index (χ0n) is 18.9. The summed E-state index contributed by atoms with van der Waals surface area (Å²) in [4.78, 5) is 40.0. The van der Waals surface area contributed by atoms with Crippen molar-refractivity contribution in [3.8, 4) is 5.75 Å². The van der Waals surface area contributed by atoms with Crippen LogP contribution in [0.5, 0.6) is 5.75 Å². The molecule has 1 aromatic heterocycles. The van der Waals surface area contributed by atoms with Crippen molar-refractivity contribution in [1.82, 2.24) is 9.88 Å². The Morgan fingerprint density at radius 2 is 1.85 bits per heavy atom. The Hall–Kier alpha value is -4.34. The normalized spacial score (nSPS) is 11.3. The lowest BCUT2D eigenvalue weighted by Crippen LogP contribution is -2.33. The molecule has 0 bridgehead atoms. The predicted molar refractivity (Wildman–Crippen MR) is 126 cm³/mol. The number of carboxylic acid groups (broad SMARTS) is 1. The molecule has 0 saturated carbocycles. The van der Waals surface area contributed by atoms with Crippen molar-refractivity contribution in [2.75, 3.05) is 20.3 Å². The van der Waals surface area contributed by atoms with Gasteiger partial charge in [0.25, 0.3) is 11.8 Å². The number of carboxylic acids is 1. The van der Waals surface area contributed by atoms with E-state index in [0.717, 1.165) is 16.8 Å². The maximum atomic E-state index is 12.3. The molecule has 0 aliphatic rings. The van der Waals surface area contributed by atoms with E-state index in [-0.39, 0.29) is 5.71 Å². The van der Waals surface area contributed by atoms with E-state index in [1.165, 1.54) is 7.11 Å². The molecule has 2 amide bonds. The SMILES string of the molecule is CCc1c(C(=NOC)C(N)=O)c2c(OCC(=O)NCC(=O)O)cccc2n1Cc1ccccc1. The highest BCUT2D eigenvalue weighted by Gasteiger charge is 2.27. The van der Waals surface area contributed by atoms with Crippen molar-refractivity contribution in [2.24, 2.45) is 10.9 Å². The third kappa shape index (κ3) is 5.34. The molecule has 178 valence electrons. The zero-order chi connectivity index (χ0) is 24.7. The fourth-order valence-corrected chi connectivity index (χ4v) is 3.78. The first-order valence-electron chi connectivity index (χ1n) is 10.6. The second-order valence-electron chi connectivity index (χ2n) is 7.34. The Labute approximate surface area is 195 Å². The fraction of sp³-hybridized carbons (Fsp3) is 0.250.